The van der Waals surface area contributed by atoms with E-state index in [9.17, 15) is 0 Å². The normalized spacial score (nSPS) is 18.7. The van der Waals surface area contributed by atoms with Crippen LogP contribution in [0.5, 0.6) is 0 Å². The molecule has 108 valence electrons. The smallest absolute Gasteiger partial charge is 0.118 e. The van der Waals surface area contributed by atoms with Gasteiger partial charge in [-0.05, 0) is 46.1 Å². The van der Waals surface area contributed by atoms with E-state index in [-0.39, 0.29) is 0 Å². The minimum atomic E-state index is 0.911. The fraction of sp³-hybridized carbons (Fsp3) is 0.733. The van der Waals surface area contributed by atoms with E-state index in [0.29, 0.717) is 0 Å². The molecule has 4 heteroatoms. The van der Waals surface area contributed by atoms with Crippen molar-refractivity contribution in [3.8, 4) is 0 Å². The van der Waals surface area contributed by atoms with Gasteiger partial charge in [-0.3, -0.25) is 4.90 Å². The van der Waals surface area contributed by atoms with Gasteiger partial charge in [-0.25, -0.2) is 0 Å². The molecule has 1 aromatic heterocycles. The molecule has 0 unspecified atom stereocenters. The lowest BCUT2D eigenvalue weighted by atomic mass is 10.2. The van der Waals surface area contributed by atoms with E-state index in [4.69, 9.17) is 4.42 Å². The van der Waals surface area contributed by atoms with Gasteiger partial charge in [-0.2, -0.15) is 0 Å². The average molecular weight is 265 g/mol. The van der Waals surface area contributed by atoms with Gasteiger partial charge in [0.1, 0.15) is 11.5 Å². The zero-order chi connectivity index (χ0) is 13.7. The highest BCUT2D eigenvalue weighted by Crippen LogP contribution is 2.17. The first-order valence-corrected chi connectivity index (χ1v) is 7.39. The summed E-state index contributed by atoms with van der Waals surface area (Å²) in [5, 5.41) is 3.36. The van der Waals surface area contributed by atoms with Gasteiger partial charge in [0.15, 0.2) is 0 Å². The number of hydrogen-bond donors (Lipinski definition) is 1. The lowest BCUT2D eigenvalue weighted by Gasteiger charge is -2.18. The van der Waals surface area contributed by atoms with E-state index in [1.165, 1.54) is 25.1 Å². The maximum atomic E-state index is 5.89. The number of nitrogens with one attached hydrogen (secondary N) is 1. The molecule has 4 nitrogen and oxygen atoms in total. The van der Waals surface area contributed by atoms with Crippen molar-refractivity contribution in [1.29, 1.82) is 0 Å². The van der Waals surface area contributed by atoms with Crippen LogP contribution >= 0.6 is 0 Å². The summed E-state index contributed by atoms with van der Waals surface area (Å²) in [6.45, 7) is 11.7. The van der Waals surface area contributed by atoms with Crippen LogP contribution in [0, 0.1) is 6.92 Å². The molecule has 1 N–H and O–H groups in total. The summed E-state index contributed by atoms with van der Waals surface area (Å²) >= 11 is 0. The monoisotopic (exact) mass is 265 g/mol. The Labute approximate surface area is 116 Å². The summed E-state index contributed by atoms with van der Waals surface area (Å²) in [4.78, 5) is 4.91. The van der Waals surface area contributed by atoms with Crippen molar-refractivity contribution >= 4 is 0 Å². The SMILES string of the molecule is CCNCc1cc(CN2CCCN(C)CC2)oc1C. The summed E-state index contributed by atoms with van der Waals surface area (Å²) in [5.41, 5.74) is 1.30. The lowest BCUT2D eigenvalue weighted by molar-refractivity contribution is 0.247. The summed E-state index contributed by atoms with van der Waals surface area (Å²) < 4.78 is 5.89. The molecule has 1 saturated heterocycles. The van der Waals surface area contributed by atoms with Crippen LogP contribution in [0.4, 0.5) is 0 Å². The van der Waals surface area contributed by atoms with Crippen LogP contribution in [-0.4, -0.2) is 49.6 Å². The molecule has 19 heavy (non-hydrogen) atoms. The molecular weight excluding hydrogens is 238 g/mol. The Morgan fingerprint density at radius 1 is 1.26 bits per heavy atom. The van der Waals surface area contributed by atoms with Crippen molar-refractivity contribution in [2.24, 2.45) is 0 Å². The van der Waals surface area contributed by atoms with E-state index in [2.05, 4.69) is 42.1 Å². The van der Waals surface area contributed by atoms with Crippen LogP contribution in [0.1, 0.15) is 30.4 Å². The Hall–Kier alpha value is -0.840. The molecule has 1 fully saturated rings. The molecule has 0 amide bonds. The summed E-state index contributed by atoms with van der Waals surface area (Å²) in [7, 11) is 2.20. The van der Waals surface area contributed by atoms with Gasteiger partial charge < -0.3 is 14.6 Å². The van der Waals surface area contributed by atoms with Crippen LogP contribution in [0.15, 0.2) is 10.5 Å². The van der Waals surface area contributed by atoms with Gasteiger partial charge in [0, 0.05) is 25.2 Å². The molecule has 2 rings (SSSR count). The second kappa shape index (κ2) is 7.08. The Morgan fingerprint density at radius 3 is 2.89 bits per heavy atom. The van der Waals surface area contributed by atoms with Gasteiger partial charge in [0.25, 0.3) is 0 Å². The molecule has 0 saturated carbocycles. The summed E-state index contributed by atoms with van der Waals surface area (Å²) in [6.07, 6.45) is 1.25. The van der Waals surface area contributed by atoms with Gasteiger partial charge >= 0.3 is 0 Å². The minimum Gasteiger partial charge on any atom is -0.465 e. The predicted molar refractivity (Wildman–Crippen MR) is 78.2 cm³/mol. The first-order valence-electron chi connectivity index (χ1n) is 7.39. The highest BCUT2D eigenvalue weighted by Gasteiger charge is 2.15. The number of rotatable bonds is 5. The van der Waals surface area contributed by atoms with Gasteiger partial charge in [-0.1, -0.05) is 6.92 Å². The van der Waals surface area contributed by atoms with Crippen molar-refractivity contribution < 1.29 is 4.42 Å². The molecule has 1 aromatic rings. The molecule has 0 radical (unpaired) electrons. The zero-order valence-corrected chi connectivity index (χ0v) is 12.5. The lowest BCUT2D eigenvalue weighted by Crippen LogP contribution is -2.28. The standard InChI is InChI=1S/C15H27N3O/c1-4-16-11-14-10-15(19-13(14)2)12-18-7-5-6-17(3)8-9-18/h10,16H,4-9,11-12H2,1-3H3. The molecule has 0 aromatic carbocycles. The zero-order valence-electron chi connectivity index (χ0n) is 12.5. The Balaban J connectivity index is 1.91. The van der Waals surface area contributed by atoms with E-state index in [1.54, 1.807) is 0 Å². The van der Waals surface area contributed by atoms with Gasteiger partial charge in [0.05, 0.1) is 6.54 Å². The molecular formula is C15H27N3O. The molecule has 0 atom stereocenters. The minimum absolute atomic E-state index is 0.911. The highest BCUT2D eigenvalue weighted by atomic mass is 16.3. The Morgan fingerprint density at radius 2 is 2.11 bits per heavy atom. The van der Waals surface area contributed by atoms with Crippen LogP contribution in [0.2, 0.25) is 0 Å². The first-order chi connectivity index (χ1) is 9.19. The number of aryl methyl sites for hydroxylation is 1. The maximum absolute atomic E-state index is 5.89. The topological polar surface area (TPSA) is 31.6 Å². The van der Waals surface area contributed by atoms with Crippen molar-refractivity contribution in [2.45, 2.75) is 33.4 Å². The van der Waals surface area contributed by atoms with E-state index in [1.807, 2.05) is 0 Å². The molecule has 2 heterocycles. The molecule has 0 aliphatic carbocycles. The number of furan rings is 1. The fourth-order valence-electron chi connectivity index (χ4n) is 2.58. The third kappa shape index (κ3) is 4.34. The molecule has 0 bridgehead atoms. The molecule has 0 spiro atoms. The van der Waals surface area contributed by atoms with Crippen molar-refractivity contribution in [1.82, 2.24) is 15.1 Å². The second-order valence-electron chi connectivity index (χ2n) is 5.51. The maximum Gasteiger partial charge on any atom is 0.118 e. The average Bonchev–Trinajstić information content (AvgIpc) is 2.59. The summed E-state index contributed by atoms with van der Waals surface area (Å²) in [5.74, 6) is 2.16. The first kappa shape index (κ1) is 14.6. The second-order valence-corrected chi connectivity index (χ2v) is 5.51. The van der Waals surface area contributed by atoms with Crippen LogP contribution in [0.3, 0.4) is 0 Å². The van der Waals surface area contributed by atoms with Gasteiger partial charge in [0.2, 0.25) is 0 Å². The van der Waals surface area contributed by atoms with Crippen molar-refractivity contribution in [3.63, 3.8) is 0 Å². The van der Waals surface area contributed by atoms with E-state index in [0.717, 1.165) is 44.2 Å². The van der Waals surface area contributed by atoms with E-state index >= 15 is 0 Å². The Bertz CT molecular complexity index is 389. The third-order valence-corrected chi connectivity index (χ3v) is 3.83. The van der Waals surface area contributed by atoms with Crippen LogP contribution in [-0.2, 0) is 13.1 Å². The summed E-state index contributed by atoms with van der Waals surface area (Å²) in [6, 6.07) is 2.21. The van der Waals surface area contributed by atoms with E-state index < -0.39 is 0 Å². The van der Waals surface area contributed by atoms with Crippen molar-refractivity contribution in [2.75, 3.05) is 39.8 Å². The number of hydrogen-bond acceptors (Lipinski definition) is 4. The highest BCUT2D eigenvalue weighted by molar-refractivity contribution is 5.20. The fourth-order valence-corrected chi connectivity index (χ4v) is 2.58. The Kier molecular flexibility index (Phi) is 5.43. The molecule has 1 aliphatic heterocycles. The third-order valence-electron chi connectivity index (χ3n) is 3.83. The predicted octanol–water partition coefficient (Wildman–Crippen LogP) is 1.84. The largest absolute Gasteiger partial charge is 0.465 e. The number of nitrogens with zero attached hydrogens (tertiary/aromatic N) is 2. The quantitative estimate of drug-likeness (QED) is 0.880. The van der Waals surface area contributed by atoms with Crippen LogP contribution < -0.4 is 5.32 Å². The molecule has 1 aliphatic rings. The number of likely N-dealkylation sites (N-methyl/N-ethyl adjacent to an activating group) is 1. The van der Waals surface area contributed by atoms with Gasteiger partial charge in [-0.15, -0.1) is 0 Å². The van der Waals surface area contributed by atoms with Crippen LogP contribution in [0.25, 0.3) is 0 Å². The van der Waals surface area contributed by atoms with Crippen molar-refractivity contribution in [3.05, 3.63) is 23.2 Å².